The van der Waals surface area contributed by atoms with Crippen molar-refractivity contribution in [2.45, 2.75) is 44.6 Å². The number of aliphatic hydroxyl groups excluding tert-OH is 1. The van der Waals surface area contributed by atoms with Crippen LogP contribution in [-0.4, -0.2) is 24.4 Å². The van der Waals surface area contributed by atoms with E-state index in [1.807, 2.05) is 0 Å². The van der Waals surface area contributed by atoms with E-state index >= 15 is 0 Å². The van der Waals surface area contributed by atoms with Crippen molar-refractivity contribution in [3.05, 3.63) is 0 Å². The van der Waals surface area contributed by atoms with Gasteiger partial charge in [0.15, 0.2) is 0 Å². The van der Waals surface area contributed by atoms with Crippen LogP contribution < -0.4 is 0 Å². The smallest absolute Gasteiger partial charge is 0.0568 e. The van der Waals surface area contributed by atoms with Gasteiger partial charge in [-0.2, -0.15) is 0 Å². The van der Waals surface area contributed by atoms with Crippen LogP contribution >= 0.6 is 0 Å². The Morgan fingerprint density at radius 1 is 1.15 bits per heavy atom. The van der Waals surface area contributed by atoms with E-state index in [4.69, 9.17) is 4.74 Å². The number of hydrogen-bond donors (Lipinski definition) is 1. The molecule has 13 heavy (non-hydrogen) atoms. The Morgan fingerprint density at radius 3 is 2.46 bits per heavy atom. The maximum absolute atomic E-state index is 9.69. The van der Waals surface area contributed by atoms with Crippen LogP contribution in [0.2, 0.25) is 0 Å². The molecule has 0 aromatic carbocycles. The number of rotatable bonds is 4. The van der Waals surface area contributed by atoms with Gasteiger partial charge in [-0.25, -0.2) is 0 Å². The average molecular weight is 184 g/mol. The summed E-state index contributed by atoms with van der Waals surface area (Å²) in [5, 5.41) is 9.69. The first-order valence-corrected chi connectivity index (χ1v) is 5.62. The lowest BCUT2D eigenvalue weighted by Crippen LogP contribution is -2.18. The molecule has 2 rings (SSSR count). The third-order valence-corrected chi connectivity index (χ3v) is 3.38. The Bertz CT molecular complexity index is 148. The topological polar surface area (TPSA) is 29.5 Å². The van der Waals surface area contributed by atoms with Gasteiger partial charge in [-0.3, -0.25) is 0 Å². The zero-order valence-electron chi connectivity index (χ0n) is 8.24. The van der Waals surface area contributed by atoms with Crippen molar-refractivity contribution >= 4 is 0 Å². The third-order valence-electron chi connectivity index (χ3n) is 3.38. The van der Waals surface area contributed by atoms with Crippen molar-refractivity contribution in [2.24, 2.45) is 11.8 Å². The van der Waals surface area contributed by atoms with Gasteiger partial charge in [0.2, 0.25) is 0 Å². The van der Waals surface area contributed by atoms with Gasteiger partial charge in [-0.05, 0) is 50.4 Å². The molecule has 1 saturated carbocycles. The van der Waals surface area contributed by atoms with E-state index in [9.17, 15) is 5.11 Å². The van der Waals surface area contributed by atoms with E-state index in [1.54, 1.807) is 0 Å². The van der Waals surface area contributed by atoms with Crippen molar-refractivity contribution in [3.63, 3.8) is 0 Å². The summed E-state index contributed by atoms with van der Waals surface area (Å²) in [5.74, 6) is 1.47. The first-order chi connectivity index (χ1) is 6.36. The highest BCUT2D eigenvalue weighted by molar-refractivity contribution is 4.81. The highest BCUT2D eigenvalue weighted by Gasteiger charge is 2.29. The predicted octanol–water partition coefficient (Wildman–Crippen LogP) is 1.96. The molecule has 1 aliphatic heterocycles. The summed E-state index contributed by atoms with van der Waals surface area (Å²) in [6, 6.07) is 0. The van der Waals surface area contributed by atoms with Gasteiger partial charge < -0.3 is 9.84 Å². The summed E-state index contributed by atoms with van der Waals surface area (Å²) in [7, 11) is 0. The van der Waals surface area contributed by atoms with Crippen molar-refractivity contribution < 1.29 is 9.84 Å². The zero-order valence-corrected chi connectivity index (χ0v) is 8.24. The van der Waals surface area contributed by atoms with E-state index in [2.05, 4.69) is 0 Å². The van der Waals surface area contributed by atoms with Crippen LogP contribution in [0, 0.1) is 11.8 Å². The Morgan fingerprint density at radius 2 is 1.85 bits per heavy atom. The zero-order chi connectivity index (χ0) is 9.10. The molecule has 2 fully saturated rings. The van der Waals surface area contributed by atoms with Crippen LogP contribution in [0.1, 0.15) is 38.5 Å². The minimum atomic E-state index is 0.00263. The summed E-state index contributed by atoms with van der Waals surface area (Å²) < 4.78 is 5.30. The Balaban J connectivity index is 1.60. The molecule has 1 N–H and O–H groups in total. The summed E-state index contributed by atoms with van der Waals surface area (Å²) >= 11 is 0. The molecule has 1 unspecified atom stereocenters. The van der Waals surface area contributed by atoms with Crippen LogP contribution in [0.15, 0.2) is 0 Å². The van der Waals surface area contributed by atoms with Crippen LogP contribution in [-0.2, 0) is 4.74 Å². The Hall–Kier alpha value is -0.0800. The second-order valence-corrected chi connectivity index (χ2v) is 4.54. The molecule has 2 heteroatoms. The summed E-state index contributed by atoms with van der Waals surface area (Å²) in [6.45, 7) is 1.87. The molecule has 0 spiro atoms. The summed E-state index contributed by atoms with van der Waals surface area (Å²) in [4.78, 5) is 0. The van der Waals surface area contributed by atoms with Gasteiger partial charge in [0.1, 0.15) is 0 Å². The van der Waals surface area contributed by atoms with Gasteiger partial charge in [-0.15, -0.1) is 0 Å². The molecule has 2 nitrogen and oxygen atoms in total. The number of ether oxygens (including phenoxy) is 1. The van der Waals surface area contributed by atoms with Crippen molar-refractivity contribution in [1.29, 1.82) is 0 Å². The molecule has 0 aromatic rings. The van der Waals surface area contributed by atoms with Crippen LogP contribution in [0.5, 0.6) is 0 Å². The maximum Gasteiger partial charge on any atom is 0.0568 e. The first kappa shape index (κ1) is 9.47. The lowest BCUT2D eigenvalue weighted by atomic mass is 9.93. The first-order valence-electron chi connectivity index (χ1n) is 5.62. The summed E-state index contributed by atoms with van der Waals surface area (Å²) in [5.41, 5.74) is 0. The fourth-order valence-corrected chi connectivity index (χ4v) is 2.16. The molecule has 1 atom stereocenters. The number of hydrogen-bond acceptors (Lipinski definition) is 2. The monoisotopic (exact) mass is 184 g/mol. The fourth-order valence-electron chi connectivity index (χ4n) is 2.16. The quantitative estimate of drug-likeness (QED) is 0.723. The fraction of sp³-hybridized carbons (Fsp3) is 1.00. The molecule has 1 aliphatic carbocycles. The molecular weight excluding hydrogens is 164 g/mol. The van der Waals surface area contributed by atoms with E-state index in [0.29, 0.717) is 5.92 Å². The number of aliphatic hydroxyl groups is 1. The summed E-state index contributed by atoms with van der Waals surface area (Å²) in [6.07, 6.45) is 7.16. The van der Waals surface area contributed by atoms with Crippen LogP contribution in [0.25, 0.3) is 0 Å². The predicted molar refractivity (Wildman–Crippen MR) is 51.5 cm³/mol. The highest BCUT2D eigenvalue weighted by atomic mass is 16.5. The van der Waals surface area contributed by atoms with E-state index < -0.39 is 0 Å². The highest BCUT2D eigenvalue weighted by Crippen LogP contribution is 2.35. The van der Waals surface area contributed by atoms with E-state index in [-0.39, 0.29) is 6.10 Å². The molecule has 1 saturated heterocycles. The molecule has 2 aliphatic rings. The molecule has 0 aromatic heterocycles. The van der Waals surface area contributed by atoms with Gasteiger partial charge in [0.05, 0.1) is 6.10 Å². The minimum Gasteiger partial charge on any atom is -0.393 e. The van der Waals surface area contributed by atoms with Gasteiger partial charge in [0.25, 0.3) is 0 Å². The average Bonchev–Trinajstić information content (AvgIpc) is 2.99. The second kappa shape index (κ2) is 4.43. The lowest BCUT2D eigenvalue weighted by Gasteiger charge is -2.22. The standard InChI is InChI=1S/C11H20O2/c12-11(10-2-3-10)4-1-9-5-7-13-8-6-9/h9-12H,1-8H2. The molecular formula is C11H20O2. The minimum absolute atomic E-state index is 0.00263. The van der Waals surface area contributed by atoms with Crippen molar-refractivity contribution in [3.8, 4) is 0 Å². The van der Waals surface area contributed by atoms with Crippen LogP contribution in [0.4, 0.5) is 0 Å². The van der Waals surface area contributed by atoms with Crippen molar-refractivity contribution in [1.82, 2.24) is 0 Å². The third kappa shape index (κ3) is 2.96. The van der Waals surface area contributed by atoms with E-state index in [1.165, 1.54) is 32.1 Å². The molecule has 76 valence electrons. The van der Waals surface area contributed by atoms with E-state index in [0.717, 1.165) is 25.6 Å². The second-order valence-electron chi connectivity index (χ2n) is 4.54. The van der Waals surface area contributed by atoms with Gasteiger partial charge >= 0.3 is 0 Å². The SMILES string of the molecule is OC(CCC1CCOCC1)C1CC1. The Kier molecular flexibility index (Phi) is 3.23. The molecule has 0 bridgehead atoms. The lowest BCUT2D eigenvalue weighted by molar-refractivity contribution is 0.0549. The normalized spacial score (nSPS) is 27.5. The molecule has 1 heterocycles. The van der Waals surface area contributed by atoms with Gasteiger partial charge in [-0.1, -0.05) is 0 Å². The van der Waals surface area contributed by atoms with Crippen molar-refractivity contribution in [2.75, 3.05) is 13.2 Å². The molecule has 0 amide bonds. The molecule has 0 radical (unpaired) electrons. The van der Waals surface area contributed by atoms with Gasteiger partial charge in [0, 0.05) is 13.2 Å². The maximum atomic E-state index is 9.69. The Labute approximate surface area is 80.3 Å². The largest absolute Gasteiger partial charge is 0.393 e. The van der Waals surface area contributed by atoms with Crippen LogP contribution in [0.3, 0.4) is 0 Å².